The van der Waals surface area contributed by atoms with Gasteiger partial charge in [-0.05, 0) is 12.1 Å². The molecule has 0 aromatic heterocycles. The summed E-state index contributed by atoms with van der Waals surface area (Å²) in [7, 11) is 0. The Morgan fingerprint density at radius 3 is 2.62 bits per heavy atom. The van der Waals surface area contributed by atoms with Crippen LogP contribution < -0.4 is 5.32 Å². The molecule has 1 fully saturated rings. The number of nitrogens with one attached hydrogen (secondary N) is 1. The van der Waals surface area contributed by atoms with Gasteiger partial charge >= 0.3 is 0 Å². The fourth-order valence-corrected chi connectivity index (χ4v) is 1.36. The number of rotatable bonds is 2. The van der Waals surface area contributed by atoms with Crippen LogP contribution in [0.2, 0.25) is 0 Å². The molecule has 1 N–H and O–H groups in total. The van der Waals surface area contributed by atoms with Crippen LogP contribution in [0.3, 0.4) is 0 Å². The molecule has 1 aliphatic heterocycles. The van der Waals surface area contributed by atoms with Gasteiger partial charge in [-0.3, -0.25) is 4.79 Å². The van der Waals surface area contributed by atoms with E-state index >= 15 is 0 Å². The quantitative estimate of drug-likeness (QED) is 0.692. The lowest BCUT2D eigenvalue weighted by molar-refractivity contribution is 0.0874. The zero-order valence-corrected chi connectivity index (χ0v) is 7.09. The second kappa shape index (κ2) is 3.26. The van der Waals surface area contributed by atoms with Gasteiger partial charge < -0.3 is 5.32 Å². The van der Waals surface area contributed by atoms with E-state index in [9.17, 15) is 9.18 Å². The van der Waals surface area contributed by atoms with Crippen LogP contribution in [-0.4, -0.2) is 18.9 Å². The summed E-state index contributed by atoms with van der Waals surface area (Å²) in [4.78, 5) is 11.6. The standard InChI is InChI=1S/C10H10FNO/c11-9-4-2-1-3-8(9)10(13)7-5-12-6-7/h1-4,7,12H,5-6H2. The van der Waals surface area contributed by atoms with Crippen molar-refractivity contribution in [2.24, 2.45) is 5.92 Å². The summed E-state index contributed by atoms with van der Waals surface area (Å²) in [6.07, 6.45) is 0. The Morgan fingerprint density at radius 2 is 2.08 bits per heavy atom. The van der Waals surface area contributed by atoms with Crippen molar-refractivity contribution in [2.75, 3.05) is 13.1 Å². The predicted octanol–water partition coefficient (Wildman–Crippen LogP) is 1.23. The topological polar surface area (TPSA) is 29.1 Å². The maximum absolute atomic E-state index is 13.1. The normalized spacial score (nSPS) is 16.7. The van der Waals surface area contributed by atoms with Crippen molar-refractivity contribution < 1.29 is 9.18 Å². The molecule has 68 valence electrons. The van der Waals surface area contributed by atoms with Crippen LogP contribution in [0.4, 0.5) is 4.39 Å². The van der Waals surface area contributed by atoms with Crippen molar-refractivity contribution in [3.63, 3.8) is 0 Å². The summed E-state index contributed by atoms with van der Waals surface area (Å²) in [6, 6.07) is 6.13. The van der Waals surface area contributed by atoms with Gasteiger partial charge in [-0.25, -0.2) is 4.39 Å². The van der Waals surface area contributed by atoms with Gasteiger partial charge in [0.25, 0.3) is 0 Å². The molecule has 1 aromatic carbocycles. The van der Waals surface area contributed by atoms with Crippen molar-refractivity contribution in [1.82, 2.24) is 5.32 Å². The molecule has 1 aliphatic rings. The van der Waals surface area contributed by atoms with Gasteiger partial charge in [0.1, 0.15) is 5.82 Å². The maximum atomic E-state index is 13.1. The van der Waals surface area contributed by atoms with Gasteiger partial charge in [0.2, 0.25) is 0 Å². The fraction of sp³-hybridized carbons (Fsp3) is 0.300. The molecular weight excluding hydrogens is 169 g/mol. The van der Waals surface area contributed by atoms with Crippen LogP contribution in [0.5, 0.6) is 0 Å². The second-order valence-electron chi connectivity index (χ2n) is 3.20. The Morgan fingerprint density at radius 1 is 1.38 bits per heavy atom. The molecule has 1 aromatic rings. The third-order valence-corrected chi connectivity index (χ3v) is 2.29. The molecule has 3 heteroatoms. The van der Waals surface area contributed by atoms with Crippen LogP contribution in [0, 0.1) is 11.7 Å². The number of hydrogen-bond acceptors (Lipinski definition) is 2. The minimum Gasteiger partial charge on any atom is -0.315 e. The lowest BCUT2D eigenvalue weighted by Gasteiger charge is -2.25. The number of ketones is 1. The van der Waals surface area contributed by atoms with E-state index in [-0.39, 0.29) is 17.3 Å². The molecule has 0 atom stereocenters. The first kappa shape index (κ1) is 8.38. The van der Waals surface area contributed by atoms with Gasteiger partial charge in [-0.15, -0.1) is 0 Å². The van der Waals surface area contributed by atoms with Gasteiger partial charge in [0.05, 0.1) is 5.56 Å². The predicted molar refractivity (Wildman–Crippen MR) is 47.1 cm³/mol. The Labute approximate surface area is 75.8 Å². The average Bonchev–Trinajstić information content (AvgIpc) is 2.01. The molecule has 0 amide bonds. The van der Waals surface area contributed by atoms with E-state index in [1.54, 1.807) is 12.1 Å². The van der Waals surface area contributed by atoms with Gasteiger partial charge in [0.15, 0.2) is 5.78 Å². The van der Waals surface area contributed by atoms with Crippen molar-refractivity contribution >= 4 is 5.78 Å². The van der Waals surface area contributed by atoms with E-state index in [0.29, 0.717) is 13.1 Å². The third kappa shape index (κ3) is 1.47. The highest BCUT2D eigenvalue weighted by Crippen LogP contribution is 2.15. The van der Waals surface area contributed by atoms with Crippen molar-refractivity contribution in [3.8, 4) is 0 Å². The Kier molecular flexibility index (Phi) is 2.10. The number of carbonyl (C=O) groups excluding carboxylic acids is 1. The Balaban J connectivity index is 2.24. The fourth-order valence-electron chi connectivity index (χ4n) is 1.36. The van der Waals surface area contributed by atoms with E-state index in [0.717, 1.165) is 0 Å². The van der Waals surface area contributed by atoms with Gasteiger partial charge in [0, 0.05) is 19.0 Å². The summed E-state index contributed by atoms with van der Waals surface area (Å²) in [5.74, 6) is -0.534. The van der Waals surface area contributed by atoms with Crippen LogP contribution in [0.25, 0.3) is 0 Å². The Hall–Kier alpha value is -1.22. The van der Waals surface area contributed by atoms with Crippen LogP contribution in [-0.2, 0) is 0 Å². The molecule has 1 saturated heterocycles. The molecule has 2 rings (SSSR count). The van der Waals surface area contributed by atoms with E-state index in [1.165, 1.54) is 12.1 Å². The monoisotopic (exact) mass is 179 g/mol. The summed E-state index contributed by atoms with van der Waals surface area (Å²) in [5.41, 5.74) is 0.217. The van der Waals surface area contributed by atoms with Gasteiger partial charge in [-0.2, -0.15) is 0 Å². The third-order valence-electron chi connectivity index (χ3n) is 2.29. The number of hydrogen-bond donors (Lipinski definition) is 1. The highest BCUT2D eigenvalue weighted by atomic mass is 19.1. The number of carbonyl (C=O) groups is 1. The van der Waals surface area contributed by atoms with E-state index in [2.05, 4.69) is 5.32 Å². The van der Waals surface area contributed by atoms with E-state index in [4.69, 9.17) is 0 Å². The van der Waals surface area contributed by atoms with Crippen LogP contribution in [0.1, 0.15) is 10.4 Å². The van der Waals surface area contributed by atoms with Crippen molar-refractivity contribution in [2.45, 2.75) is 0 Å². The molecule has 0 saturated carbocycles. The highest BCUT2D eigenvalue weighted by molar-refractivity contribution is 5.98. The Bertz CT molecular complexity index is 333. The number of benzene rings is 1. The minimum absolute atomic E-state index is 0.0306. The second-order valence-corrected chi connectivity index (χ2v) is 3.20. The maximum Gasteiger partial charge on any atom is 0.171 e. The lowest BCUT2D eigenvalue weighted by Crippen LogP contribution is -2.46. The molecule has 13 heavy (non-hydrogen) atoms. The molecule has 0 bridgehead atoms. The first-order chi connectivity index (χ1) is 6.29. The van der Waals surface area contributed by atoms with E-state index < -0.39 is 5.82 Å². The van der Waals surface area contributed by atoms with Gasteiger partial charge in [-0.1, -0.05) is 12.1 Å². The summed E-state index contributed by atoms with van der Waals surface area (Å²) >= 11 is 0. The zero-order valence-electron chi connectivity index (χ0n) is 7.09. The summed E-state index contributed by atoms with van der Waals surface area (Å²) in [6.45, 7) is 1.35. The largest absolute Gasteiger partial charge is 0.315 e. The highest BCUT2D eigenvalue weighted by Gasteiger charge is 2.27. The molecule has 0 spiro atoms. The molecular formula is C10H10FNO. The first-order valence-corrected chi connectivity index (χ1v) is 4.28. The molecule has 0 aliphatic carbocycles. The molecule has 1 heterocycles. The molecule has 0 radical (unpaired) electrons. The first-order valence-electron chi connectivity index (χ1n) is 4.28. The minimum atomic E-state index is -0.417. The molecule has 0 unspecified atom stereocenters. The zero-order chi connectivity index (χ0) is 9.26. The average molecular weight is 179 g/mol. The summed E-state index contributed by atoms with van der Waals surface area (Å²) < 4.78 is 13.1. The number of halogens is 1. The van der Waals surface area contributed by atoms with Crippen molar-refractivity contribution in [1.29, 1.82) is 0 Å². The number of Topliss-reactive ketones (excluding diaryl/α,β-unsaturated/α-hetero) is 1. The summed E-state index contributed by atoms with van der Waals surface area (Å²) in [5, 5.41) is 2.99. The van der Waals surface area contributed by atoms with E-state index in [1.807, 2.05) is 0 Å². The van der Waals surface area contributed by atoms with Crippen LogP contribution >= 0.6 is 0 Å². The lowest BCUT2D eigenvalue weighted by atomic mass is 9.93. The molecule has 2 nitrogen and oxygen atoms in total. The van der Waals surface area contributed by atoms with Crippen LogP contribution in [0.15, 0.2) is 24.3 Å². The SMILES string of the molecule is O=C(c1ccccc1F)C1CNC1. The smallest absolute Gasteiger partial charge is 0.171 e. The van der Waals surface area contributed by atoms with Crippen molar-refractivity contribution in [3.05, 3.63) is 35.6 Å².